The minimum Gasteiger partial charge on any atom is -0.346 e. The summed E-state index contributed by atoms with van der Waals surface area (Å²) in [6.45, 7) is 0.463. The van der Waals surface area contributed by atoms with E-state index in [1.165, 1.54) is 0 Å². The molecule has 0 spiro atoms. The molecule has 18 heavy (non-hydrogen) atoms. The number of nitrogens with zero attached hydrogens (tertiary/aromatic N) is 1. The van der Waals surface area contributed by atoms with Gasteiger partial charge in [0.25, 0.3) is 0 Å². The second-order valence-corrected chi connectivity index (χ2v) is 4.49. The molecule has 6 heteroatoms. The summed E-state index contributed by atoms with van der Waals surface area (Å²) in [7, 11) is 0. The van der Waals surface area contributed by atoms with Crippen LogP contribution in [-0.2, 0) is 16.0 Å². The SMILES string of the molecule is NCC(=O)NCC(=O)N1CCc2ccc(Cl)cc21. The van der Waals surface area contributed by atoms with Gasteiger partial charge in [-0.25, -0.2) is 0 Å². The monoisotopic (exact) mass is 267 g/mol. The number of carbonyl (C=O) groups excluding carboxylic acids is 2. The van der Waals surface area contributed by atoms with Crippen molar-refractivity contribution in [2.24, 2.45) is 5.73 Å². The van der Waals surface area contributed by atoms with Gasteiger partial charge in [-0.3, -0.25) is 9.59 Å². The highest BCUT2D eigenvalue weighted by atomic mass is 35.5. The number of hydrogen-bond donors (Lipinski definition) is 2. The smallest absolute Gasteiger partial charge is 0.246 e. The van der Waals surface area contributed by atoms with Crippen molar-refractivity contribution in [1.82, 2.24) is 5.32 Å². The maximum Gasteiger partial charge on any atom is 0.246 e. The Balaban J connectivity index is 2.06. The zero-order valence-electron chi connectivity index (χ0n) is 9.78. The average molecular weight is 268 g/mol. The summed E-state index contributed by atoms with van der Waals surface area (Å²) in [6.07, 6.45) is 0.809. The summed E-state index contributed by atoms with van der Waals surface area (Å²) in [5, 5.41) is 3.06. The lowest BCUT2D eigenvalue weighted by Crippen LogP contribution is -2.41. The fourth-order valence-corrected chi connectivity index (χ4v) is 2.12. The Morgan fingerprint density at radius 3 is 2.94 bits per heavy atom. The zero-order chi connectivity index (χ0) is 13.1. The summed E-state index contributed by atoms with van der Waals surface area (Å²) < 4.78 is 0. The van der Waals surface area contributed by atoms with E-state index < -0.39 is 0 Å². The summed E-state index contributed by atoms with van der Waals surface area (Å²) in [5.41, 5.74) is 7.08. The van der Waals surface area contributed by atoms with Gasteiger partial charge >= 0.3 is 0 Å². The van der Waals surface area contributed by atoms with E-state index in [2.05, 4.69) is 5.32 Å². The molecule has 3 N–H and O–H groups in total. The number of nitrogens with two attached hydrogens (primary N) is 1. The van der Waals surface area contributed by atoms with Gasteiger partial charge in [-0.2, -0.15) is 0 Å². The summed E-state index contributed by atoms with van der Waals surface area (Å²) >= 11 is 5.92. The molecule has 2 amide bonds. The molecule has 0 atom stereocenters. The van der Waals surface area contributed by atoms with Gasteiger partial charge in [0, 0.05) is 17.3 Å². The van der Waals surface area contributed by atoms with Gasteiger partial charge in [0.15, 0.2) is 0 Å². The Morgan fingerprint density at radius 2 is 2.22 bits per heavy atom. The first-order valence-electron chi connectivity index (χ1n) is 5.67. The minimum absolute atomic E-state index is 0.0397. The van der Waals surface area contributed by atoms with Crippen LogP contribution in [0.1, 0.15) is 5.56 Å². The van der Waals surface area contributed by atoms with Gasteiger partial charge in [0.05, 0.1) is 13.1 Å². The van der Waals surface area contributed by atoms with E-state index >= 15 is 0 Å². The first kappa shape index (κ1) is 12.9. The highest BCUT2D eigenvalue weighted by Gasteiger charge is 2.24. The average Bonchev–Trinajstić information content (AvgIpc) is 2.78. The van der Waals surface area contributed by atoms with Gasteiger partial charge in [0.2, 0.25) is 11.8 Å². The number of fused-ring (bicyclic) bond motifs is 1. The van der Waals surface area contributed by atoms with Crippen LogP contribution in [0.5, 0.6) is 0 Å². The lowest BCUT2D eigenvalue weighted by Gasteiger charge is -2.17. The van der Waals surface area contributed by atoms with Crippen LogP contribution in [0.4, 0.5) is 5.69 Å². The van der Waals surface area contributed by atoms with E-state index in [-0.39, 0.29) is 24.9 Å². The van der Waals surface area contributed by atoms with Crippen molar-refractivity contribution >= 4 is 29.1 Å². The van der Waals surface area contributed by atoms with E-state index in [0.29, 0.717) is 11.6 Å². The van der Waals surface area contributed by atoms with Gasteiger partial charge < -0.3 is 16.0 Å². The maximum atomic E-state index is 12.0. The number of hydrogen-bond acceptors (Lipinski definition) is 3. The van der Waals surface area contributed by atoms with Crippen molar-refractivity contribution in [3.05, 3.63) is 28.8 Å². The molecule has 0 saturated carbocycles. The quantitative estimate of drug-likeness (QED) is 0.827. The van der Waals surface area contributed by atoms with Crippen LogP contribution in [0.3, 0.4) is 0 Å². The largest absolute Gasteiger partial charge is 0.346 e. The fraction of sp³-hybridized carbons (Fsp3) is 0.333. The molecule has 0 aliphatic carbocycles. The number of rotatable bonds is 3. The number of nitrogens with one attached hydrogen (secondary N) is 1. The Bertz CT molecular complexity index is 490. The predicted octanol–water partition coefficient (Wildman–Crippen LogP) is 0.304. The highest BCUT2D eigenvalue weighted by molar-refractivity contribution is 6.31. The molecule has 0 fully saturated rings. The molecule has 96 valence electrons. The Hall–Kier alpha value is -1.59. The molecule has 0 saturated heterocycles. The Morgan fingerprint density at radius 1 is 1.44 bits per heavy atom. The molecule has 1 aromatic rings. The summed E-state index contributed by atoms with van der Waals surface area (Å²) in [5.74, 6) is -0.494. The van der Waals surface area contributed by atoms with Crippen molar-refractivity contribution < 1.29 is 9.59 Å². The lowest BCUT2D eigenvalue weighted by atomic mass is 10.2. The number of carbonyl (C=O) groups is 2. The van der Waals surface area contributed by atoms with E-state index in [1.54, 1.807) is 11.0 Å². The number of anilines is 1. The zero-order valence-corrected chi connectivity index (χ0v) is 10.5. The predicted molar refractivity (Wildman–Crippen MR) is 69.6 cm³/mol. The van der Waals surface area contributed by atoms with Crippen LogP contribution in [-0.4, -0.2) is 31.4 Å². The molecule has 0 bridgehead atoms. The fourth-order valence-electron chi connectivity index (χ4n) is 1.95. The lowest BCUT2D eigenvalue weighted by molar-refractivity contribution is -0.124. The highest BCUT2D eigenvalue weighted by Crippen LogP contribution is 2.30. The van der Waals surface area contributed by atoms with Crippen molar-refractivity contribution in [3.8, 4) is 0 Å². The van der Waals surface area contributed by atoms with Crippen LogP contribution < -0.4 is 16.0 Å². The van der Waals surface area contributed by atoms with Crippen molar-refractivity contribution in [2.45, 2.75) is 6.42 Å². The third kappa shape index (κ3) is 2.63. The van der Waals surface area contributed by atoms with Gasteiger partial charge in [-0.1, -0.05) is 17.7 Å². The van der Waals surface area contributed by atoms with Gasteiger partial charge in [-0.05, 0) is 24.1 Å². The van der Waals surface area contributed by atoms with E-state index in [1.807, 2.05) is 12.1 Å². The maximum absolute atomic E-state index is 12.0. The third-order valence-electron chi connectivity index (χ3n) is 2.87. The summed E-state index contributed by atoms with van der Waals surface area (Å²) in [6, 6.07) is 5.50. The molecule has 1 aliphatic rings. The Labute approximate surface area is 110 Å². The number of benzene rings is 1. The third-order valence-corrected chi connectivity index (χ3v) is 3.10. The van der Waals surface area contributed by atoms with Crippen LogP contribution in [0.2, 0.25) is 5.02 Å². The van der Waals surface area contributed by atoms with Crippen molar-refractivity contribution in [2.75, 3.05) is 24.5 Å². The van der Waals surface area contributed by atoms with Gasteiger partial charge in [0.1, 0.15) is 0 Å². The molecule has 1 aliphatic heterocycles. The molecule has 1 heterocycles. The Kier molecular flexibility index (Phi) is 3.84. The minimum atomic E-state index is -0.339. The molecule has 2 rings (SSSR count). The van der Waals surface area contributed by atoms with E-state index in [4.69, 9.17) is 17.3 Å². The van der Waals surface area contributed by atoms with Crippen LogP contribution in [0.25, 0.3) is 0 Å². The first-order chi connectivity index (χ1) is 8.61. The van der Waals surface area contributed by atoms with Crippen LogP contribution in [0, 0.1) is 0 Å². The summed E-state index contributed by atoms with van der Waals surface area (Å²) in [4.78, 5) is 24.6. The normalized spacial score (nSPS) is 13.3. The number of halogens is 1. The van der Waals surface area contributed by atoms with Crippen molar-refractivity contribution in [3.63, 3.8) is 0 Å². The molecule has 0 unspecified atom stereocenters. The van der Waals surface area contributed by atoms with E-state index in [0.717, 1.165) is 17.7 Å². The van der Waals surface area contributed by atoms with Crippen molar-refractivity contribution in [1.29, 1.82) is 0 Å². The van der Waals surface area contributed by atoms with Crippen LogP contribution >= 0.6 is 11.6 Å². The molecular formula is C12H14ClN3O2. The van der Waals surface area contributed by atoms with Gasteiger partial charge in [-0.15, -0.1) is 0 Å². The van der Waals surface area contributed by atoms with E-state index in [9.17, 15) is 9.59 Å². The topological polar surface area (TPSA) is 75.4 Å². The number of amides is 2. The molecule has 5 nitrogen and oxygen atoms in total. The first-order valence-corrected chi connectivity index (χ1v) is 6.05. The molecule has 0 aromatic heterocycles. The molecular weight excluding hydrogens is 254 g/mol. The van der Waals surface area contributed by atoms with Crippen LogP contribution in [0.15, 0.2) is 18.2 Å². The second kappa shape index (κ2) is 5.37. The second-order valence-electron chi connectivity index (χ2n) is 4.05. The standard InChI is InChI=1S/C12H14ClN3O2/c13-9-2-1-8-3-4-16(10(8)5-9)12(18)7-15-11(17)6-14/h1-2,5H,3-4,6-7,14H2,(H,15,17). The molecule has 0 radical (unpaired) electrons. The molecule has 1 aromatic carbocycles.